The predicted molar refractivity (Wildman–Crippen MR) is 84.2 cm³/mol. The molecular weight excluding hydrogens is 272 g/mol. The Morgan fingerprint density at radius 3 is 2.40 bits per heavy atom. The summed E-state index contributed by atoms with van der Waals surface area (Å²) in [4.78, 5) is 0.287. The molecule has 3 N–H and O–H groups in total. The van der Waals surface area contributed by atoms with Crippen molar-refractivity contribution in [3.05, 3.63) is 23.8 Å². The number of aryl methyl sites for hydroxylation is 1. The second kappa shape index (κ2) is 8.27. The van der Waals surface area contributed by atoms with Gasteiger partial charge in [-0.15, -0.1) is 0 Å². The van der Waals surface area contributed by atoms with Gasteiger partial charge in [-0.3, -0.25) is 0 Å². The fourth-order valence-corrected chi connectivity index (χ4v) is 3.17. The monoisotopic (exact) mass is 298 g/mol. The summed E-state index contributed by atoms with van der Waals surface area (Å²) in [5, 5.41) is 0. The summed E-state index contributed by atoms with van der Waals surface area (Å²) in [6, 6.07) is 4.79. The molecular formula is C15H26N2O2S. The van der Waals surface area contributed by atoms with Gasteiger partial charge in [0.15, 0.2) is 0 Å². The number of nitrogens with one attached hydrogen (secondary N) is 1. The van der Waals surface area contributed by atoms with Crippen LogP contribution in [0.3, 0.4) is 0 Å². The zero-order valence-corrected chi connectivity index (χ0v) is 13.3. The summed E-state index contributed by atoms with van der Waals surface area (Å²) in [6.45, 7) is 4.49. The van der Waals surface area contributed by atoms with Crippen LogP contribution in [0.5, 0.6) is 0 Å². The number of anilines is 1. The number of unbranched alkanes of at least 4 members (excludes halogenated alkanes) is 5. The molecule has 0 heterocycles. The van der Waals surface area contributed by atoms with Crippen molar-refractivity contribution in [1.29, 1.82) is 0 Å². The number of sulfonamides is 1. The first-order valence-electron chi connectivity index (χ1n) is 7.33. The molecule has 0 spiro atoms. The van der Waals surface area contributed by atoms with Crippen LogP contribution in [0.4, 0.5) is 5.69 Å². The molecule has 1 aromatic carbocycles. The van der Waals surface area contributed by atoms with Crippen molar-refractivity contribution < 1.29 is 8.42 Å². The lowest BCUT2D eigenvalue weighted by atomic mass is 10.1. The third kappa shape index (κ3) is 5.51. The van der Waals surface area contributed by atoms with Gasteiger partial charge in [0.1, 0.15) is 0 Å². The second-order valence-electron chi connectivity index (χ2n) is 5.18. The molecule has 1 rings (SSSR count). The molecule has 0 fully saturated rings. The van der Waals surface area contributed by atoms with Crippen LogP contribution >= 0.6 is 0 Å². The number of benzene rings is 1. The number of hydrogen-bond acceptors (Lipinski definition) is 3. The van der Waals surface area contributed by atoms with Crippen LogP contribution in [0.2, 0.25) is 0 Å². The largest absolute Gasteiger partial charge is 0.399 e. The lowest BCUT2D eigenvalue weighted by Crippen LogP contribution is -2.24. The fraction of sp³-hybridized carbons (Fsp3) is 0.600. The van der Waals surface area contributed by atoms with Crippen molar-refractivity contribution in [1.82, 2.24) is 4.72 Å². The highest BCUT2D eigenvalue weighted by Gasteiger charge is 2.13. The van der Waals surface area contributed by atoms with Crippen LogP contribution in [0.15, 0.2) is 23.1 Å². The van der Waals surface area contributed by atoms with E-state index < -0.39 is 10.0 Å². The SMILES string of the molecule is CCCCCCCCNS(=O)(=O)c1ccc(N)c(C)c1. The van der Waals surface area contributed by atoms with E-state index in [4.69, 9.17) is 5.73 Å². The van der Waals surface area contributed by atoms with Gasteiger partial charge in [0.05, 0.1) is 4.90 Å². The molecule has 5 heteroatoms. The first-order valence-corrected chi connectivity index (χ1v) is 8.81. The Balaban J connectivity index is 2.40. The summed E-state index contributed by atoms with van der Waals surface area (Å²) in [6.07, 6.45) is 6.86. The van der Waals surface area contributed by atoms with Crippen LogP contribution < -0.4 is 10.5 Å². The highest BCUT2D eigenvalue weighted by Crippen LogP contribution is 2.16. The third-order valence-corrected chi connectivity index (χ3v) is 4.83. The Labute approximate surface area is 122 Å². The van der Waals surface area contributed by atoms with Crippen molar-refractivity contribution >= 4 is 15.7 Å². The first kappa shape index (κ1) is 17.0. The highest BCUT2D eigenvalue weighted by molar-refractivity contribution is 7.89. The Kier molecular flexibility index (Phi) is 7.02. The maximum Gasteiger partial charge on any atom is 0.240 e. The van der Waals surface area contributed by atoms with Gasteiger partial charge in [-0.2, -0.15) is 0 Å². The quantitative estimate of drug-likeness (QED) is 0.543. The van der Waals surface area contributed by atoms with Gasteiger partial charge >= 0.3 is 0 Å². The Morgan fingerprint density at radius 2 is 1.75 bits per heavy atom. The van der Waals surface area contributed by atoms with Crippen molar-refractivity contribution in [3.63, 3.8) is 0 Å². The summed E-state index contributed by atoms with van der Waals surface area (Å²) in [5.41, 5.74) is 7.09. The lowest BCUT2D eigenvalue weighted by molar-refractivity contribution is 0.567. The number of nitrogen functional groups attached to an aromatic ring is 1. The molecule has 0 aliphatic rings. The van der Waals surface area contributed by atoms with E-state index in [0.717, 1.165) is 18.4 Å². The van der Waals surface area contributed by atoms with E-state index >= 15 is 0 Å². The smallest absolute Gasteiger partial charge is 0.240 e. The molecule has 4 nitrogen and oxygen atoms in total. The Bertz CT molecular complexity index is 513. The van der Waals surface area contributed by atoms with Crippen molar-refractivity contribution in [2.45, 2.75) is 57.3 Å². The molecule has 0 saturated carbocycles. The molecule has 0 aromatic heterocycles. The molecule has 0 aliphatic carbocycles. The number of hydrogen-bond donors (Lipinski definition) is 2. The van der Waals surface area contributed by atoms with E-state index in [1.54, 1.807) is 18.2 Å². The minimum Gasteiger partial charge on any atom is -0.399 e. The van der Waals surface area contributed by atoms with Crippen LogP contribution in [-0.2, 0) is 10.0 Å². The standard InChI is InChI=1S/C15H26N2O2S/c1-3-4-5-6-7-8-11-17-20(18,19)14-9-10-15(16)13(2)12-14/h9-10,12,17H,3-8,11,16H2,1-2H3. The van der Waals surface area contributed by atoms with E-state index in [1.807, 2.05) is 6.92 Å². The summed E-state index contributed by atoms with van der Waals surface area (Å²) in [7, 11) is -3.40. The number of nitrogens with two attached hydrogens (primary N) is 1. The summed E-state index contributed by atoms with van der Waals surface area (Å²) >= 11 is 0. The van der Waals surface area contributed by atoms with E-state index in [1.165, 1.54) is 25.7 Å². The average molecular weight is 298 g/mol. The molecule has 0 radical (unpaired) electrons. The molecule has 0 saturated heterocycles. The predicted octanol–water partition coefficient (Wildman–Crippen LogP) is 3.22. The highest BCUT2D eigenvalue weighted by atomic mass is 32.2. The maximum absolute atomic E-state index is 12.1. The van der Waals surface area contributed by atoms with Crippen LogP contribution in [0.25, 0.3) is 0 Å². The Morgan fingerprint density at radius 1 is 1.10 bits per heavy atom. The van der Waals surface area contributed by atoms with E-state index in [-0.39, 0.29) is 4.90 Å². The molecule has 0 aliphatic heterocycles. The maximum atomic E-state index is 12.1. The Hall–Kier alpha value is -1.07. The van der Waals surface area contributed by atoms with Gasteiger partial charge in [-0.25, -0.2) is 13.1 Å². The molecule has 0 amide bonds. The van der Waals surface area contributed by atoms with Gasteiger partial charge < -0.3 is 5.73 Å². The van der Waals surface area contributed by atoms with Crippen molar-refractivity contribution in [2.24, 2.45) is 0 Å². The molecule has 0 bridgehead atoms. The summed E-state index contributed by atoms with van der Waals surface area (Å²) < 4.78 is 26.8. The van der Waals surface area contributed by atoms with Crippen LogP contribution in [0.1, 0.15) is 51.0 Å². The lowest BCUT2D eigenvalue weighted by Gasteiger charge is -2.08. The van der Waals surface area contributed by atoms with Gasteiger partial charge in [-0.1, -0.05) is 39.0 Å². The molecule has 1 aromatic rings. The molecule has 0 atom stereocenters. The number of rotatable bonds is 9. The topological polar surface area (TPSA) is 72.2 Å². The van der Waals surface area contributed by atoms with Crippen LogP contribution in [-0.4, -0.2) is 15.0 Å². The minimum absolute atomic E-state index is 0.287. The zero-order valence-electron chi connectivity index (χ0n) is 12.5. The van der Waals surface area contributed by atoms with E-state index in [9.17, 15) is 8.42 Å². The second-order valence-corrected chi connectivity index (χ2v) is 6.95. The van der Waals surface area contributed by atoms with Crippen LogP contribution in [0, 0.1) is 6.92 Å². The average Bonchev–Trinajstić information content (AvgIpc) is 2.40. The molecule has 20 heavy (non-hydrogen) atoms. The van der Waals surface area contributed by atoms with E-state index in [2.05, 4.69) is 11.6 Å². The van der Waals surface area contributed by atoms with Gasteiger partial charge in [0.25, 0.3) is 0 Å². The molecule has 0 unspecified atom stereocenters. The third-order valence-electron chi connectivity index (χ3n) is 3.37. The first-order chi connectivity index (χ1) is 9.47. The summed E-state index contributed by atoms with van der Waals surface area (Å²) in [5.74, 6) is 0. The minimum atomic E-state index is -3.40. The molecule has 114 valence electrons. The van der Waals surface area contributed by atoms with Gasteiger partial charge in [0, 0.05) is 12.2 Å². The fourth-order valence-electron chi connectivity index (χ4n) is 2.01. The zero-order chi connectivity index (χ0) is 15.0. The van der Waals surface area contributed by atoms with E-state index in [0.29, 0.717) is 12.2 Å². The van der Waals surface area contributed by atoms with Crippen molar-refractivity contribution in [3.8, 4) is 0 Å². The van der Waals surface area contributed by atoms with Gasteiger partial charge in [0.2, 0.25) is 10.0 Å². The van der Waals surface area contributed by atoms with Gasteiger partial charge in [-0.05, 0) is 37.1 Å². The van der Waals surface area contributed by atoms with Crippen molar-refractivity contribution in [2.75, 3.05) is 12.3 Å². The normalized spacial score (nSPS) is 11.7.